The van der Waals surface area contributed by atoms with Crippen LogP contribution in [0.15, 0.2) is 29.1 Å². The highest BCUT2D eigenvalue weighted by Gasteiger charge is 2.12. The van der Waals surface area contributed by atoms with Gasteiger partial charge in [0.25, 0.3) is 0 Å². The highest BCUT2D eigenvalue weighted by Crippen LogP contribution is 2.28. The van der Waals surface area contributed by atoms with E-state index in [1.165, 1.54) is 12.1 Å². The van der Waals surface area contributed by atoms with Gasteiger partial charge in [0.1, 0.15) is 5.75 Å². The summed E-state index contributed by atoms with van der Waals surface area (Å²) in [6.45, 7) is 0.0823. The summed E-state index contributed by atoms with van der Waals surface area (Å²) in [5, 5.41) is 19.9. The first-order chi connectivity index (χ1) is 7.63. The predicted molar refractivity (Wildman–Crippen MR) is 67.5 cm³/mol. The number of pyridine rings is 1. The van der Waals surface area contributed by atoms with E-state index < -0.39 is 6.10 Å². The molecule has 2 rings (SSSR count). The third-order valence-electron chi connectivity index (χ3n) is 2.49. The van der Waals surface area contributed by atoms with Crippen LogP contribution in [0.2, 0.25) is 0 Å². The second-order valence-corrected chi connectivity index (χ2v) is 3.54. The fourth-order valence-electron chi connectivity index (χ4n) is 1.68. The van der Waals surface area contributed by atoms with Crippen molar-refractivity contribution in [3.63, 3.8) is 0 Å². The monoisotopic (exact) mass is 256 g/mol. The molecular formula is C11H13ClN2O3. The van der Waals surface area contributed by atoms with E-state index in [0.717, 1.165) is 0 Å². The topological polar surface area (TPSA) is 99.3 Å². The number of phenolic OH excluding ortho intramolecular Hbond substituents is 1. The minimum absolute atomic E-state index is 0. The van der Waals surface area contributed by atoms with Crippen LogP contribution in [0.5, 0.6) is 5.75 Å². The van der Waals surface area contributed by atoms with Crippen molar-refractivity contribution in [1.82, 2.24) is 4.98 Å². The first-order valence-corrected chi connectivity index (χ1v) is 4.86. The van der Waals surface area contributed by atoms with E-state index in [0.29, 0.717) is 16.5 Å². The molecule has 92 valence electrons. The highest BCUT2D eigenvalue weighted by atomic mass is 35.5. The lowest BCUT2D eigenvalue weighted by molar-refractivity contribution is 0.188. The Labute approximate surface area is 103 Å². The zero-order valence-corrected chi connectivity index (χ0v) is 9.70. The van der Waals surface area contributed by atoms with Gasteiger partial charge >= 0.3 is 0 Å². The maximum atomic E-state index is 11.1. The maximum absolute atomic E-state index is 11.1. The molecule has 0 aliphatic heterocycles. The normalized spacial score (nSPS) is 12.1. The van der Waals surface area contributed by atoms with Gasteiger partial charge in [-0.1, -0.05) is 6.07 Å². The number of hydrogen-bond acceptors (Lipinski definition) is 4. The van der Waals surface area contributed by atoms with Gasteiger partial charge in [-0.05, 0) is 17.7 Å². The molecule has 0 aliphatic carbocycles. The molecule has 1 aromatic carbocycles. The number of aliphatic hydroxyl groups is 1. The van der Waals surface area contributed by atoms with Gasteiger partial charge in [-0.25, -0.2) is 0 Å². The van der Waals surface area contributed by atoms with Crippen molar-refractivity contribution >= 4 is 23.3 Å². The molecule has 0 aliphatic rings. The molecule has 5 nitrogen and oxygen atoms in total. The summed E-state index contributed by atoms with van der Waals surface area (Å²) in [5.74, 6) is -0.0272. The SMILES string of the molecule is Cl.NC[C@H](O)c1ccc(O)c2[nH]c(=O)ccc12. The van der Waals surface area contributed by atoms with Crippen LogP contribution in [0, 0.1) is 0 Å². The summed E-state index contributed by atoms with van der Waals surface area (Å²) in [4.78, 5) is 13.7. The molecule has 0 unspecified atom stereocenters. The number of halogens is 1. The Bertz CT molecular complexity index is 582. The number of nitrogens with two attached hydrogens (primary N) is 1. The summed E-state index contributed by atoms with van der Waals surface area (Å²) in [5.41, 5.74) is 5.98. The zero-order chi connectivity index (χ0) is 11.7. The Morgan fingerprint density at radius 2 is 2.00 bits per heavy atom. The number of phenols is 1. The third-order valence-corrected chi connectivity index (χ3v) is 2.49. The highest BCUT2D eigenvalue weighted by molar-refractivity contribution is 5.87. The van der Waals surface area contributed by atoms with E-state index in [-0.39, 0.29) is 30.3 Å². The summed E-state index contributed by atoms with van der Waals surface area (Å²) in [7, 11) is 0. The molecule has 1 aromatic heterocycles. The van der Waals surface area contributed by atoms with Gasteiger partial charge in [0.15, 0.2) is 0 Å². The molecule has 0 saturated heterocycles. The smallest absolute Gasteiger partial charge is 0.248 e. The second kappa shape index (κ2) is 5.18. The molecule has 5 N–H and O–H groups in total. The quantitative estimate of drug-likeness (QED) is 0.634. The number of H-pyrrole nitrogens is 1. The van der Waals surface area contributed by atoms with E-state index in [1.807, 2.05) is 0 Å². The van der Waals surface area contributed by atoms with Crippen LogP contribution in [0.4, 0.5) is 0 Å². The Balaban J connectivity index is 0.00000144. The molecule has 0 bridgehead atoms. The van der Waals surface area contributed by atoms with Crippen molar-refractivity contribution in [3.8, 4) is 5.75 Å². The minimum atomic E-state index is -0.811. The van der Waals surface area contributed by atoms with E-state index in [4.69, 9.17) is 5.73 Å². The molecule has 2 aromatic rings. The van der Waals surface area contributed by atoms with Gasteiger partial charge in [-0.3, -0.25) is 4.79 Å². The van der Waals surface area contributed by atoms with Crippen LogP contribution in [0.3, 0.4) is 0 Å². The lowest BCUT2D eigenvalue weighted by Gasteiger charge is -2.12. The maximum Gasteiger partial charge on any atom is 0.248 e. The molecule has 0 amide bonds. The Morgan fingerprint density at radius 1 is 1.29 bits per heavy atom. The van der Waals surface area contributed by atoms with E-state index in [1.54, 1.807) is 12.1 Å². The van der Waals surface area contributed by atoms with Crippen LogP contribution < -0.4 is 11.3 Å². The molecule has 0 spiro atoms. The van der Waals surface area contributed by atoms with Crippen LogP contribution in [-0.4, -0.2) is 21.7 Å². The lowest BCUT2D eigenvalue weighted by atomic mass is 10.0. The largest absolute Gasteiger partial charge is 0.506 e. The van der Waals surface area contributed by atoms with E-state index in [2.05, 4.69) is 4.98 Å². The first-order valence-electron chi connectivity index (χ1n) is 4.86. The number of rotatable bonds is 2. The first kappa shape index (κ1) is 13.5. The average molecular weight is 257 g/mol. The molecule has 17 heavy (non-hydrogen) atoms. The number of aromatic hydroxyl groups is 1. The average Bonchev–Trinajstić information content (AvgIpc) is 2.29. The number of aliphatic hydroxyl groups excluding tert-OH is 1. The Kier molecular flexibility index (Phi) is 4.11. The fourth-order valence-corrected chi connectivity index (χ4v) is 1.68. The van der Waals surface area contributed by atoms with Crippen molar-refractivity contribution in [1.29, 1.82) is 0 Å². The third kappa shape index (κ3) is 2.41. The predicted octanol–water partition coefficient (Wildman–Crippen LogP) is 0.648. The fraction of sp³-hybridized carbons (Fsp3) is 0.182. The molecule has 1 heterocycles. The van der Waals surface area contributed by atoms with Crippen molar-refractivity contribution < 1.29 is 10.2 Å². The van der Waals surface area contributed by atoms with Crippen LogP contribution in [-0.2, 0) is 0 Å². The van der Waals surface area contributed by atoms with Crippen molar-refractivity contribution in [2.24, 2.45) is 5.73 Å². The summed E-state index contributed by atoms with van der Waals surface area (Å²) in [6.07, 6.45) is -0.811. The molecule has 0 radical (unpaired) electrons. The minimum Gasteiger partial charge on any atom is -0.506 e. The van der Waals surface area contributed by atoms with Gasteiger partial charge in [-0.15, -0.1) is 12.4 Å². The van der Waals surface area contributed by atoms with Crippen LogP contribution in [0.25, 0.3) is 10.9 Å². The number of aromatic nitrogens is 1. The number of benzene rings is 1. The molecule has 0 fully saturated rings. The molecule has 6 heteroatoms. The van der Waals surface area contributed by atoms with Crippen molar-refractivity contribution in [2.75, 3.05) is 6.54 Å². The number of aromatic amines is 1. The zero-order valence-electron chi connectivity index (χ0n) is 8.88. The van der Waals surface area contributed by atoms with E-state index in [9.17, 15) is 15.0 Å². The second-order valence-electron chi connectivity index (χ2n) is 3.54. The van der Waals surface area contributed by atoms with Crippen molar-refractivity contribution in [2.45, 2.75) is 6.10 Å². The lowest BCUT2D eigenvalue weighted by Crippen LogP contribution is -2.12. The van der Waals surface area contributed by atoms with Crippen LogP contribution in [0.1, 0.15) is 11.7 Å². The molecule has 0 saturated carbocycles. The van der Waals surface area contributed by atoms with Crippen molar-refractivity contribution in [3.05, 3.63) is 40.2 Å². The summed E-state index contributed by atoms with van der Waals surface area (Å²) < 4.78 is 0. The van der Waals surface area contributed by atoms with Gasteiger partial charge in [-0.2, -0.15) is 0 Å². The summed E-state index contributed by atoms with van der Waals surface area (Å²) >= 11 is 0. The van der Waals surface area contributed by atoms with Gasteiger partial charge in [0.2, 0.25) is 5.56 Å². The van der Waals surface area contributed by atoms with E-state index >= 15 is 0 Å². The molecular weight excluding hydrogens is 244 g/mol. The number of fused-ring (bicyclic) bond motifs is 1. The Hall–Kier alpha value is -1.56. The molecule has 1 atom stereocenters. The van der Waals surface area contributed by atoms with Crippen LogP contribution >= 0.6 is 12.4 Å². The van der Waals surface area contributed by atoms with Gasteiger partial charge in [0, 0.05) is 18.0 Å². The van der Waals surface area contributed by atoms with Gasteiger partial charge < -0.3 is 20.9 Å². The van der Waals surface area contributed by atoms with Gasteiger partial charge in [0.05, 0.1) is 11.6 Å². The summed E-state index contributed by atoms with van der Waals surface area (Å²) in [6, 6.07) is 5.91. The standard InChI is InChI=1S/C11H12N2O3.ClH/c12-5-9(15)6-1-3-8(14)11-7(6)2-4-10(16)13-11;/h1-4,9,14-15H,5,12H2,(H,13,16);1H/t9-;/m0./s1. The Morgan fingerprint density at radius 3 is 2.65 bits per heavy atom. The number of hydrogen-bond donors (Lipinski definition) is 4. The number of nitrogens with one attached hydrogen (secondary N) is 1.